The van der Waals surface area contributed by atoms with Crippen molar-refractivity contribution in [1.82, 2.24) is 15.2 Å². The van der Waals surface area contributed by atoms with Crippen LogP contribution in [-0.2, 0) is 6.42 Å². The maximum atomic E-state index is 5.66. The Bertz CT molecular complexity index is 1030. The Morgan fingerprint density at radius 1 is 1.10 bits per heavy atom. The maximum absolute atomic E-state index is 5.66. The Morgan fingerprint density at radius 2 is 1.87 bits per heavy atom. The second kappa shape index (κ2) is 11.1. The average Bonchev–Trinajstić information content (AvgIpc) is 3.27. The van der Waals surface area contributed by atoms with E-state index in [0.29, 0.717) is 5.89 Å². The SMILES string of the molecule is CN=C(NCCc1coc(-c2ccc(C)cc2)n1)N1CC=C(c2ccccc2)CC1.I. The normalized spacial score (nSPS) is 14.1. The number of aliphatic imine (C=N–C) groups is 1. The fraction of sp³-hybridized carbons (Fsp3) is 0.280. The first-order valence-corrected chi connectivity index (χ1v) is 10.4. The number of aromatic nitrogens is 1. The van der Waals surface area contributed by atoms with Crippen LogP contribution in [0, 0.1) is 6.92 Å². The van der Waals surface area contributed by atoms with Crippen LogP contribution in [-0.4, -0.2) is 42.5 Å². The predicted molar refractivity (Wildman–Crippen MR) is 138 cm³/mol. The third-order valence-corrected chi connectivity index (χ3v) is 5.38. The van der Waals surface area contributed by atoms with Crippen LogP contribution in [0.5, 0.6) is 0 Å². The molecule has 0 saturated carbocycles. The summed E-state index contributed by atoms with van der Waals surface area (Å²) >= 11 is 0. The molecule has 6 heteroatoms. The lowest BCUT2D eigenvalue weighted by Crippen LogP contribution is -2.44. The summed E-state index contributed by atoms with van der Waals surface area (Å²) in [6, 6.07) is 18.8. The number of halogens is 1. The zero-order valence-electron chi connectivity index (χ0n) is 18.0. The van der Waals surface area contributed by atoms with Crippen LogP contribution in [0.15, 0.2) is 76.3 Å². The molecule has 4 rings (SSSR count). The van der Waals surface area contributed by atoms with Crippen molar-refractivity contribution in [2.75, 3.05) is 26.7 Å². The van der Waals surface area contributed by atoms with Crippen molar-refractivity contribution >= 4 is 35.5 Å². The molecule has 0 fully saturated rings. The molecule has 0 radical (unpaired) electrons. The van der Waals surface area contributed by atoms with Gasteiger partial charge in [-0.2, -0.15) is 0 Å². The van der Waals surface area contributed by atoms with Crippen LogP contribution in [0.4, 0.5) is 0 Å². The van der Waals surface area contributed by atoms with Gasteiger partial charge in [0, 0.05) is 38.7 Å². The summed E-state index contributed by atoms with van der Waals surface area (Å²) < 4.78 is 5.66. The second-order valence-electron chi connectivity index (χ2n) is 7.53. The summed E-state index contributed by atoms with van der Waals surface area (Å²) in [6.07, 6.45) is 5.85. The Hall–Kier alpha value is -2.61. The first kappa shape index (κ1) is 23.1. The predicted octanol–water partition coefficient (Wildman–Crippen LogP) is 5.18. The fourth-order valence-corrected chi connectivity index (χ4v) is 3.66. The highest BCUT2D eigenvalue weighted by Crippen LogP contribution is 2.22. The van der Waals surface area contributed by atoms with Crippen molar-refractivity contribution in [3.8, 4) is 11.5 Å². The first-order chi connectivity index (χ1) is 14.7. The van der Waals surface area contributed by atoms with Crippen LogP contribution in [0.2, 0.25) is 0 Å². The molecule has 1 N–H and O–H groups in total. The van der Waals surface area contributed by atoms with Crippen LogP contribution < -0.4 is 5.32 Å². The number of benzene rings is 2. The Kier molecular flexibility index (Phi) is 8.28. The molecule has 0 bridgehead atoms. The van der Waals surface area contributed by atoms with E-state index < -0.39 is 0 Å². The number of hydrogen-bond acceptors (Lipinski definition) is 3. The second-order valence-corrected chi connectivity index (χ2v) is 7.53. The quantitative estimate of drug-likeness (QED) is 0.282. The van der Waals surface area contributed by atoms with E-state index in [0.717, 1.165) is 49.7 Å². The van der Waals surface area contributed by atoms with E-state index in [1.165, 1.54) is 16.7 Å². The Balaban J connectivity index is 0.00000272. The van der Waals surface area contributed by atoms with E-state index >= 15 is 0 Å². The monoisotopic (exact) mass is 528 g/mol. The number of guanidine groups is 1. The molecule has 31 heavy (non-hydrogen) atoms. The third-order valence-electron chi connectivity index (χ3n) is 5.38. The standard InChI is InChI=1S/C25H28N4O.HI/c1-19-8-10-22(11-9-19)24-28-23(18-30-24)12-15-27-25(26-2)29-16-13-21(14-17-29)20-6-4-3-5-7-20;/h3-11,13,18H,12,14-17H2,1-2H3,(H,26,27);1H. The van der Waals surface area contributed by atoms with Crippen LogP contribution in [0.3, 0.4) is 0 Å². The van der Waals surface area contributed by atoms with E-state index in [9.17, 15) is 0 Å². The summed E-state index contributed by atoms with van der Waals surface area (Å²) in [5.74, 6) is 1.60. The molecule has 1 aliphatic heterocycles. The highest BCUT2D eigenvalue weighted by molar-refractivity contribution is 14.0. The van der Waals surface area contributed by atoms with Gasteiger partial charge in [0.05, 0.1) is 5.69 Å². The third kappa shape index (κ3) is 5.97. The summed E-state index contributed by atoms with van der Waals surface area (Å²) in [5.41, 5.74) is 5.90. The van der Waals surface area contributed by atoms with Gasteiger partial charge >= 0.3 is 0 Å². The molecule has 0 aliphatic carbocycles. The smallest absolute Gasteiger partial charge is 0.226 e. The zero-order chi connectivity index (χ0) is 20.8. The van der Waals surface area contributed by atoms with Crippen LogP contribution in [0.25, 0.3) is 17.0 Å². The van der Waals surface area contributed by atoms with Gasteiger partial charge in [-0.15, -0.1) is 24.0 Å². The minimum atomic E-state index is 0. The number of rotatable bonds is 5. The highest BCUT2D eigenvalue weighted by atomic mass is 127. The van der Waals surface area contributed by atoms with E-state index in [2.05, 4.69) is 75.7 Å². The number of aryl methyl sites for hydroxylation is 1. The molecule has 1 aromatic heterocycles. The summed E-state index contributed by atoms with van der Waals surface area (Å²) in [6.45, 7) is 4.66. The minimum absolute atomic E-state index is 0. The van der Waals surface area contributed by atoms with Crippen molar-refractivity contribution in [3.05, 3.63) is 83.8 Å². The molecule has 3 aromatic rings. The molecule has 0 spiro atoms. The van der Waals surface area contributed by atoms with E-state index in [1.54, 1.807) is 6.26 Å². The lowest BCUT2D eigenvalue weighted by molar-refractivity contribution is 0.440. The van der Waals surface area contributed by atoms with Crippen LogP contribution >= 0.6 is 24.0 Å². The van der Waals surface area contributed by atoms with Gasteiger partial charge in [0.25, 0.3) is 0 Å². The molecule has 162 valence electrons. The zero-order valence-corrected chi connectivity index (χ0v) is 20.4. The minimum Gasteiger partial charge on any atom is -0.444 e. The van der Waals surface area contributed by atoms with E-state index in [4.69, 9.17) is 4.42 Å². The fourth-order valence-electron chi connectivity index (χ4n) is 3.66. The molecule has 1 aliphatic rings. The van der Waals surface area contributed by atoms with Gasteiger partial charge in [-0.25, -0.2) is 4.98 Å². The Morgan fingerprint density at radius 3 is 2.55 bits per heavy atom. The summed E-state index contributed by atoms with van der Waals surface area (Å²) in [4.78, 5) is 11.4. The largest absolute Gasteiger partial charge is 0.444 e. The van der Waals surface area contributed by atoms with Crippen molar-refractivity contribution in [2.24, 2.45) is 4.99 Å². The topological polar surface area (TPSA) is 53.7 Å². The first-order valence-electron chi connectivity index (χ1n) is 10.4. The number of nitrogens with one attached hydrogen (secondary N) is 1. The molecule has 0 amide bonds. The van der Waals surface area contributed by atoms with Crippen molar-refractivity contribution < 1.29 is 4.42 Å². The lowest BCUT2D eigenvalue weighted by atomic mass is 10.00. The lowest BCUT2D eigenvalue weighted by Gasteiger charge is -2.29. The Labute approximate surface area is 201 Å². The molecule has 0 atom stereocenters. The molecular weight excluding hydrogens is 499 g/mol. The van der Waals surface area contributed by atoms with E-state index in [-0.39, 0.29) is 24.0 Å². The molecule has 2 heterocycles. The molecule has 5 nitrogen and oxygen atoms in total. The van der Waals surface area contributed by atoms with Gasteiger partial charge in [-0.05, 0) is 36.6 Å². The van der Waals surface area contributed by atoms with Gasteiger partial charge in [0.15, 0.2) is 5.96 Å². The number of nitrogens with zero attached hydrogens (tertiary/aromatic N) is 3. The van der Waals surface area contributed by atoms with Gasteiger partial charge in [-0.1, -0.05) is 54.1 Å². The summed E-state index contributed by atoms with van der Waals surface area (Å²) in [7, 11) is 1.84. The molecule has 2 aromatic carbocycles. The van der Waals surface area contributed by atoms with Crippen LogP contribution in [0.1, 0.15) is 23.2 Å². The molecule has 0 saturated heterocycles. The highest BCUT2D eigenvalue weighted by Gasteiger charge is 2.16. The van der Waals surface area contributed by atoms with Crippen molar-refractivity contribution in [1.29, 1.82) is 0 Å². The van der Waals surface area contributed by atoms with Gasteiger partial charge in [-0.3, -0.25) is 4.99 Å². The number of hydrogen-bond donors (Lipinski definition) is 1. The maximum Gasteiger partial charge on any atom is 0.226 e. The van der Waals surface area contributed by atoms with Gasteiger partial charge in [0.2, 0.25) is 5.89 Å². The molecular formula is C25H29IN4O. The average molecular weight is 528 g/mol. The molecule has 0 unspecified atom stereocenters. The van der Waals surface area contributed by atoms with E-state index in [1.807, 2.05) is 19.2 Å². The van der Waals surface area contributed by atoms with Gasteiger partial charge < -0.3 is 14.6 Å². The summed E-state index contributed by atoms with van der Waals surface area (Å²) in [5, 5.41) is 3.46. The van der Waals surface area contributed by atoms with Crippen molar-refractivity contribution in [3.63, 3.8) is 0 Å². The van der Waals surface area contributed by atoms with Gasteiger partial charge in [0.1, 0.15) is 6.26 Å². The van der Waals surface area contributed by atoms with Crippen molar-refractivity contribution in [2.45, 2.75) is 19.8 Å². The number of oxazole rings is 1.